The largest absolute Gasteiger partial charge is 0.465 e. The number of halogens is 1. The van der Waals surface area contributed by atoms with Gasteiger partial charge in [-0.25, -0.2) is 9.78 Å². The Labute approximate surface area is 87.3 Å². The average molecular weight is 263 g/mol. The number of fused-ring (bicyclic) bond motifs is 1. The number of hydrogen-bond acceptors (Lipinski definition) is 3. The van der Waals surface area contributed by atoms with E-state index in [4.69, 9.17) is 5.11 Å². The van der Waals surface area contributed by atoms with Crippen molar-refractivity contribution in [2.24, 2.45) is 0 Å². The molecule has 1 aromatic rings. The highest BCUT2D eigenvalue weighted by molar-refractivity contribution is 9.11. The van der Waals surface area contributed by atoms with Gasteiger partial charge in [0, 0.05) is 17.8 Å². The number of amides is 1. The zero-order valence-corrected chi connectivity index (χ0v) is 9.06. The Hall–Kier alpha value is -0.620. The zero-order chi connectivity index (χ0) is 9.42. The number of rotatable bonds is 0. The van der Waals surface area contributed by atoms with Gasteiger partial charge in [-0.15, -0.1) is 11.3 Å². The van der Waals surface area contributed by atoms with Gasteiger partial charge < -0.3 is 10.0 Å². The highest BCUT2D eigenvalue weighted by Crippen LogP contribution is 2.27. The van der Waals surface area contributed by atoms with Crippen molar-refractivity contribution in [1.29, 1.82) is 0 Å². The number of nitrogens with zero attached hydrogens (tertiary/aromatic N) is 2. The number of aromatic nitrogens is 1. The van der Waals surface area contributed by atoms with Crippen molar-refractivity contribution in [3.05, 3.63) is 14.5 Å². The van der Waals surface area contributed by atoms with Crippen LogP contribution in [-0.2, 0) is 13.0 Å². The number of hydrogen-bond donors (Lipinski definition) is 1. The SMILES string of the molecule is O=C(O)N1CCc2sc(Br)nc2C1. The second kappa shape index (κ2) is 3.26. The Bertz CT molecular complexity index is 352. The molecule has 6 heteroatoms. The zero-order valence-electron chi connectivity index (χ0n) is 6.66. The summed E-state index contributed by atoms with van der Waals surface area (Å²) in [4.78, 5) is 17.5. The topological polar surface area (TPSA) is 53.4 Å². The van der Waals surface area contributed by atoms with Crippen molar-refractivity contribution in [3.8, 4) is 0 Å². The van der Waals surface area contributed by atoms with Crippen LogP contribution in [0.25, 0.3) is 0 Å². The Kier molecular flexibility index (Phi) is 2.25. The lowest BCUT2D eigenvalue weighted by atomic mass is 10.2. The van der Waals surface area contributed by atoms with Crippen LogP contribution in [0, 0.1) is 0 Å². The highest BCUT2D eigenvalue weighted by atomic mass is 79.9. The molecule has 0 unspecified atom stereocenters. The molecule has 1 aromatic heterocycles. The molecule has 0 saturated heterocycles. The third-order valence-electron chi connectivity index (χ3n) is 1.97. The van der Waals surface area contributed by atoms with Gasteiger partial charge in [0.15, 0.2) is 3.92 Å². The monoisotopic (exact) mass is 262 g/mol. The molecule has 0 fully saturated rings. The van der Waals surface area contributed by atoms with Crippen LogP contribution in [0.5, 0.6) is 0 Å². The molecule has 0 atom stereocenters. The van der Waals surface area contributed by atoms with Crippen LogP contribution in [0.15, 0.2) is 3.92 Å². The summed E-state index contributed by atoms with van der Waals surface area (Å²) in [7, 11) is 0. The smallest absolute Gasteiger partial charge is 0.407 e. The van der Waals surface area contributed by atoms with E-state index in [1.54, 1.807) is 11.3 Å². The van der Waals surface area contributed by atoms with Crippen molar-refractivity contribution in [2.45, 2.75) is 13.0 Å². The summed E-state index contributed by atoms with van der Waals surface area (Å²) < 4.78 is 0.838. The second-order valence-corrected chi connectivity index (χ2v) is 5.15. The fraction of sp³-hybridized carbons (Fsp3) is 0.429. The predicted octanol–water partition coefficient (Wildman–Crippen LogP) is 1.94. The maximum absolute atomic E-state index is 10.7. The molecule has 0 aliphatic carbocycles. The van der Waals surface area contributed by atoms with Crippen LogP contribution in [-0.4, -0.2) is 27.6 Å². The summed E-state index contributed by atoms with van der Waals surface area (Å²) in [6.07, 6.45) is -0.0833. The minimum Gasteiger partial charge on any atom is -0.465 e. The molecular formula is C7H7BrN2O2S. The first-order valence-electron chi connectivity index (χ1n) is 3.79. The molecule has 1 aliphatic rings. The average Bonchev–Trinajstić information content (AvgIpc) is 2.42. The van der Waals surface area contributed by atoms with Gasteiger partial charge in [0.1, 0.15) is 0 Å². The minimum atomic E-state index is -0.866. The molecule has 2 heterocycles. The number of carbonyl (C=O) groups is 1. The fourth-order valence-corrected chi connectivity index (χ4v) is 2.91. The van der Waals surface area contributed by atoms with Crippen LogP contribution >= 0.6 is 27.3 Å². The summed E-state index contributed by atoms with van der Waals surface area (Å²) in [6.45, 7) is 1.00. The van der Waals surface area contributed by atoms with Gasteiger partial charge in [-0.2, -0.15) is 0 Å². The lowest BCUT2D eigenvalue weighted by Gasteiger charge is -2.22. The van der Waals surface area contributed by atoms with Crippen molar-refractivity contribution >= 4 is 33.4 Å². The van der Waals surface area contributed by atoms with E-state index in [0.717, 1.165) is 16.0 Å². The van der Waals surface area contributed by atoms with Gasteiger partial charge in [-0.3, -0.25) is 0 Å². The van der Waals surface area contributed by atoms with Gasteiger partial charge >= 0.3 is 6.09 Å². The standard InChI is InChI=1S/C7H7BrN2O2S/c8-6-9-4-3-10(7(11)12)2-1-5(4)13-6/h1-3H2,(H,11,12). The molecule has 1 amide bonds. The predicted molar refractivity (Wildman–Crippen MR) is 52.0 cm³/mol. The van der Waals surface area contributed by atoms with Crippen molar-refractivity contribution < 1.29 is 9.90 Å². The van der Waals surface area contributed by atoms with Crippen LogP contribution in [0.1, 0.15) is 10.6 Å². The molecule has 0 aromatic carbocycles. The van der Waals surface area contributed by atoms with Crippen LogP contribution < -0.4 is 0 Å². The van der Waals surface area contributed by atoms with Crippen LogP contribution in [0.2, 0.25) is 0 Å². The molecular weight excluding hydrogens is 256 g/mol. The summed E-state index contributed by atoms with van der Waals surface area (Å²) >= 11 is 4.88. The number of carboxylic acid groups (broad SMARTS) is 1. The Balaban J connectivity index is 2.24. The van der Waals surface area contributed by atoms with E-state index in [2.05, 4.69) is 20.9 Å². The van der Waals surface area contributed by atoms with Gasteiger partial charge in [-0.05, 0) is 15.9 Å². The quantitative estimate of drug-likeness (QED) is 0.778. The van der Waals surface area contributed by atoms with E-state index in [1.807, 2.05) is 0 Å². The van der Waals surface area contributed by atoms with Crippen molar-refractivity contribution in [1.82, 2.24) is 9.88 Å². The van der Waals surface area contributed by atoms with E-state index < -0.39 is 6.09 Å². The van der Waals surface area contributed by atoms with Crippen molar-refractivity contribution in [3.63, 3.8) is 0 Å². The van der Waals surface area contributed by atoms with E-state index in [9.17, 15) is 4.79 Å². The minimum absolute atomic E-state index is 0.423. The van der Waals surface area contributed by atoms with Gasteiger partial charge in [0.2, 0.25) is 0 Å². The molecule has 0 bridgehead atoms. The third kappa shape index (κ3) is 1.68. The lowest BCUT2D eigenvalue weighted by molar-refractivity contribution is 0.139. The second-order valence-electron chi connectivity index (χ2n) is 2.79. The maximum Gasteiger partial charge on any atom is 0.407 e. The molecule has 0 radical (unpaired) electrons. The molecule has 70 valence electrons. The van der Waals surface area contributed by atoms with Crippen LogP contribution in [0.4, 0.5) is 4.79 Å². The summed E-state index contributed by atoms with van der Waals surface area (Å²) in [5.74, 6) is 0. The Morgan fingerprint density at radius 2 is 2.46 bits per heavy atom. The highest BCUT2D eigenvalue weighted by Gasteiger charge is 2.22. The van der Waals surface area contributed by atoms with Gasteiger partial charge in [0.05, 0.1) is 12.2 Å². The summed E-state index contributed by atoms with van der Waals surface area (Å²) in [5, 5.41) is 8.76. The molecule has 0 spiro atoms. The molecule has 2 rings (SSSR count). The maximum atomic E-state index is 10.7. The first-order valence-corrected chi connectivity index (χ1v) is 5.39. The van der Waals surface area contributed by atoms with E-state index in [1.165, 1.54) is 9.78 Å². The number of thiazole rings is 1. The normalized spacial score (nSPS) is 15.6. The van der Waals surface area contributed by atoms with E-state index in [0.29, 0.717) is 13.1 Å². The first-order chi connectivity index (χ1) is 6.16. The first kappa shape index (κ1) is 8.96. The summed E-state index contributed by atoms with van der Waals surface area (Å²) in [5.41, 5.74) is 0.894. The van der Waals surface area contributed by atoms with Gasteiger partial charge in [-0.1, -0.05) is 0 Å². The van der Waals surface area contributed by atoms with E-state index in [-0.39, 0.29) is 0 Å². The van der Waals surface area contributed by atoms with Crippen molar-refractivity contribution in [2.75, 3.05) is 6.54 Å². The summed E-state index contributed by atoms with van der Waals surface area (Å²) in [6, 6.07) is 0. The lowest BCUT2D eigenvalue weighted by Crippen LogP contribution is -2.34. The molecule has 4 nitrogen and oxygen atoms in total. The molecule has 1 N–H and O–H groups in total. The Morgan fingerprint density at radius 3 is 3.15 bits per heavy atom. The fourth-order valence-electron chi connectivity index (χ4n) is 1.33. The Morgan fingerprint density at radius 1 is 1.69 bits per heavy atom. The van der Waals surface area contributed by atoms with Gasteiger partial charge in [0.25, 0.3) is 0 Å². The van der Waals surface area contributed by atoms with Crippen LogP contribution in [0.3, 0.4) is 0 Å². The molecule has 13 heavy (non-hydrogen) atoms. The molecule has 1 aliphatic heterocycles. The van der Waals surface area contributed by atoms with E-state index >= 15 is 0 Å². The molecule has 0 saturated carbocycles. The third-order valence-corrected chi connectivity index (χ3v) is 3.58.